The van der Waals surface area contributed by atoms with Crippen LogP contribution in [0.1, 0.15) is 29.1 Å². The van der Waals surface area contributed by atoms with E-state index in [9.17, 15) is 14.4 Å². The summed E-state index contributed by atoms with van der Waals surface area (Å²) in [6.07, 6.45) is 0.289. The van der Waals surface area contributed by atoms with E-state index in [1.54, 1.807) is 20.8 Å². The first-order valence-corrected chi connectivity index (χ1v) is 11.9. The molecule has 32 heavy (non-hydrogen) atoms. The summed E-state index contributed by atoms with van der Waals surface area (Å²) in [4.78, 5) is 44.0. The van der Waals surface area contributed by atoms with Gasteiger partial charge in [-0.1, -0.05) is 36.4 Å². The van der Waals surface area contributed by atoms with Gasteiger partial charge in [-0.2, -0.15) is 0 Å². The second-order valence-electron chi connectivity index (χ2n) is 7.74. The predicted molar refractivity (Wildman–Crippen MR) is 125 cm³/mol. The molecule has 1 aliphatic heterocycles. The van der Waals surface area contributed by atoms with Crippen LogP contribution in [0.4, 0.5) is 0 Å². The lowest BCUT2D eigenvalue weighted by Crippen LogP contribution is -2.41. The summed E-state index contributed by atoms with van der Waals surface area (Å²) in [5.74, 6) is -0.369. The van der Waals surface area contributed by atoms with Gasteiger partial charge in [-0.25, -0.2) is 0 Å². The minimum Gasteiger partial charge on any atom is -0.365 e. The average Bonchev–Trinajstić information content (AvgIpc) is 3.29. The Balaban J connectivity index is 1.71. The number of carbonyl (C=O) groups excluding carboxylic acids is 3. The second kappa shape index (κ2) is 11.8. The molecule has 8 heteroatoms. The SMILES string of the molecule is CCN(CC)C(=O)CO[C@@H]1CN(CCc2ccccc2)C(=O)CN(C(=O)c2cccs2)C1. The van der Waals surface area contributed by atoms with Crippen LogP contribution in [0.25, 0.3) is 0 Å². The molecule has 0 spiro atoms. The molecule has 2 aromatic rings. The van der Waals surface area contributed by atoms with Gasteiger partial charge in [-0.15, -0.1) is 11.3 Å². The van der Waals surface area contributed by atoms with Crippen molar-refractivity contribution in [2.45, 2.75) is 26.4 Å². The number of likely N-dealkylation sites (N-methyl/N-ethyl adjacent to an activating group) is 1. The van der Waals surface area contributed by atoms with Crippen LogP contribution < -0.4 is 0 Å². The van der Waals surface area contributed by atoms with Crippen LogP contribution in [0.3, 0.4) is 0 Å². The van der Waals surface area contributed by atoms with Crippen molar-refractivity contribution < 1.29 is 19.1 Å². The molecule has 0 saturated carbocycles. The summed E-state index contributed by atoms with van der Waals surface area (Å²) < 4.78 is 5.96. The number of amides is 3. The maximum atomic E-state index is 13.0. The summed E-state index contributed by atoms with van der Waals surface area (Å²) in [6, 6.07) is 13.6. The van der Waals surface area contributed by atoms with Crippen molar-refractivity contribution in [2.24, 2.45) is 0 Å². The molecule has 3 rings (SSSR count). The quantitative estimate of drug-likeness (QED) is 0.580. The molecule has 1 aromatic heterocycles. The van der Waals surface area contributed by atoms with E-state index in [0.717, 1.165) is 12.0 Å². The van der Waals surface area contributed by atoms with Crippen LogP contribution in [0, 0.1) is 0 Å². The zero-order chi connectivity index (χ0) is 22.9. The minimum absolute atomic E-state index is 0.00930. The number of nitrogens with zero attached hydrogens (tertiary/aromatic N) is 3. The highest BCUT2D eigenvalue weighted by molar-refractivity contribution is 7.12. The van der Waals surface area contributed by atoms with Crippen LogP contribution in [-0.2, 0) is 20.7 Å². The van der Waals surface area contributed by atoms with Crippen molar-refractivity contribution in [3.8, 4) is 0 Å². The number of benzene rings is 1. The van der Waals surface area contributed by atoms with Crippen LogP contribution in [-0.4, -0.2) is 84.4 Å². The molecule has 0 unspecified atom stereocenters. The molecule has 1 fully saturated rings. The van der Waals surface area contributed by atoms with Gasteiger partial charge in [-0.3, -0.25) is 14.4 Å². The van der Waals surface area contributed by atoms with Crippen molar-refractivity contribution in [3.63, 3.8) is 0 Å². The van der Waals surface area contributed by atoms with E-state index in [1.807, 2.05) is 55.6 Å². The van der Waals surface area contributed by atoms with E-state index >= 15 is 0 Å². The summed E-state index contributed by atoms with van der Waals surface area (Å²) in [6.45, 7) is 6.21. The third kappa shape index (κ3) is 6.40. The minimum atomic E-state index is -0.430. The van der Waals surface area contributed by atoms with Gasteiger partial charge in [0.2, 0.25) is 11.8 Å². The van der Waals surface area contributed by atoms with Crippen molar-refractivity contribution in [3.05, 3.63) is 58.3 Å². The smallest absolute Gasteiger partial charge is 0.264 e. The third-order valence-electron chi connectivity index (χ3n) is 5.62. The normalized spacial score (nSPS) is 16.7. The molecule has 7 nitrogen and oxygen atoms in total. The highest BCUT2D eigenvalue weighted by atomic mass is 32.1. The van der Waals surface area contributed by atoms with Gasteiger partial charge in [0.15, 0.2) is 0 Å². The molecule has 3 amide bonds. The molecule has 1 saturated heterocycles. The van der Waals surface area contributed by atoms with Gasteiger partial charge < -0.3 is 19.4 Å². The number of hydrogen-bond donors (Lipinski definition) is 0. The van der Waals surface area contributed by atoms with E-state index < -0.39 is 6.10 Å². The van der Waals surface area contributed by atoms with Crippen LogP contribution in [0.5, 0.6) is 0 Å². The summed E-state index contributed by atoms with van der Waals surface area (Å²) in [7, 11) is 0. The van der Waals surface area contributed by atoms with Crippen molar-refractivity contribution in [2.75, 3.05) is 45.9 Å². The van der Waals surface area contributed by atoms with Crippen LogP contribution in [0.2, 0.25) is 0 Å². The zero-order valence-electron chi connectivity index (χ0n) is 18.7. The van der Waals surface area contributed by atoms with Gasteiger partial charge in [0.25, 0.3) is 5.91 Å². The molecule has 0 bridgehead atoms. The first kappa shape index (κ1) is 23.9. The summed E-state index contributed by atoms with van der Waals surface area (Å²) in [5.41, 5.74) is 1.14. The number of ether oxygens (including phenoxy) is 1. The van der Waals surface area contributed by atoms with Gasteiger partial charge in [0, 0.05) is 32.7 Å². The highest BCUT2D eigenvalue weighted by Crippen LogP contribution is 2.16. The molecule has 172 valence electrons. The Morgan fingerprint density at radius 2 is 1.84 bits per heavy atom. The molecule has 0 aliphatic carbocycles. The second-order valence-corrected chi connectivity index (χ2v) is 8.69. The molecule has 0 radical (unpaired) electrons. The molecule has 2 heterocycles. The molecular weight excluding hydrogens is 426 g/mol. The number of carbonyl (C=O) groups is 3. The van der Waals surface area contributed by atoms with Gasteiger partial charge in [-0.05, 0) is 37.3 Å². The van der Waals surface area contributed by atoms with Gasteiger partial charge in [0.05, 0.1) is 11.0 Å². The Hall–Kier alpha value is -2.71. The number of rotatable bonds is 9. The lowest BCUT2D eigenvalue weighted by Gasteiger charge is -2.26. The standard InChI is InChI=1S/C24H31N3O4S/c1-3-25(4-2)23(29)18-31-20-15-26(13-12-19-9-6-5-7-10-19)22(28)17-27(16-20)24(30)21-11-8-14-32-21/h5-11,14,20H,3-4,12-13,15-18H2,1-2H3/t20-/m1/s1. The van der Waals surface area contributed by atoms with E-state index in [0.29, 0.717) is 31.1 Å². The fourth-order valence-electron chi connectivity index (χ4n) is 3.78. The fraction of sp³-hybridized carbons (Fsp3) is 0.458. The van der Waals surface area contributed by atoms with E-state index in [-0.39, 0.29) is 37.4 Å². The monoisotopic (exact) mass is 457 g/mol. The molecular formula is C24H31N3O4S. The molecule has 1 aromatic carbocycles. The Morgan fingerprint density at radius 1 is 1.09 bits per heavy atom. The van der Waals surface area contributed by atoms with E-state index in [2.05, 4.69) is 0 Å². The molecule has 0 N–H and O–H groups in total. The first-order chi connectivity index (χ1) is 15.5. The number of thiophene rings is 1. The summed E-state index contributed by atoms with van der Waals surface area (Å²) >= 11 is 1.35. The lowest BCUT2D eigenvalue weighted by atomic mass is 10.1. The van der Waals surface area contributed by atoms with Crippen LogP contribution in [0.15, 0.2) is 47.8 Å². The van der Waals surface area contributed by atoms with E-state index in [4.69, 9.17) is 4.74 Å². The van der Waals surface area contributed by atoms with Crippen LogP contribution >= 0.6 is 11.3 Å². The molecule has 1 atom stereocenters. The predicted octanol–water partition coefficient (Wildman–Crippen LogP) is 2.53. The van der Waals surface area contributed by atoms with Gasteiger partial charge >= 0.3 is 0 Å². The zero-order valence-corrected chi connectivity index (χ0v) is 19.6. The highest BCUT2D eigenvalue weighted by Gasteiger charge is 2.32. The Bertz CT molecular complexity index is 884. The van der Waals surface area contributed by atoms with E-state index in [1.165, 1.54) is 11.3 Å². The van der Waals surface area contributed by atoms with Crippen molar-refractivity contribution >= 4 is 29.1 Å². The Morgan fingerprint density at radius 3 is 2.50 bits per heavy atom. The fourth-order valence-corrected chi connectivity index (χ4v) is 4.47. The average molecular weight is 458 g/mol. The lowest BCUT2D eigenvalue weighted by molar-refractivity contribution is -0.138. The topological polar surface area (TPSA) is 70.2 Å². The Kier molecular flexibility index (Phi) is 8.81. The van der Waals surface area contributed by atoms with Crippen molar-refractivity contribution in [1.29, 1.82) is 0 Å². The maximum Gasteiger partial charge on any atom is 0.264 e. The third-order valence-corrected chi connectivity index (χ3v) is 6.48. The first-order valence-electron chi connectivity index (χ1n) is 11.1. The van der Waals surface area contributed by atoms with Crippen molar-refractivity contribution in [1.82, 2.24) is 14.7 Å². The maximum absolute atomic E-state index is 13.0. The summed E-state index contributed by atoms with van der Waals surface area (Å²) in [5, 5.41) is 1.84. The molecule has 1 aliphatic rings. The van der Waals surface area contributed by atoms with Gasteiger partial charge in [0.1, 0.15) is 13.2 Å². The number of hydrogen-bond acceptors (Lipinski definition) is 5. The Labute approximate surface area is 193 Å². The largest absolute Gasteiger partial charge is 0.365 e.